The third-order valence-corrected chi connectivity index (χ3v) is 4.27. The summed E-state index contributed by atoms with van der Waals surface area (Å²) in [7, 11) is 0. The highest BCUT2D eigenvalue weighted by molar-refractivity contribution is 5.92. The van der Waals surface area contributed by atoms with Gasteiger partial charge >= 0.3 is 5.97 Å². The van der Waals surface area contributed by atoms with E-state index in [1.165, 1.54) is 6.20 Å². The number of hydrogen-bond acceptors (Lipinski definition) is 3. The molecule has 2 rings (SSSR count). The molecule has 0 aromatic carbocycles. The average molecular weight is 248 g/mol. The van der Waals surface area contributed by atoms with Crippen molar-refractivity contribution >= 4 is 11.7 Å². The summed E-state index contributed by atoms with van der Waals surface area (Å²) in [4.78, 5) is 17.3. The van der Waals surface area contributed by atoms with E-state index >= 15 is 0 Å². The molecule has 0 bridgehead atoms. The van der Waals surface area contributed by atoms with Crippen LogP contribution in [-0.4, -0.2) is 29.1 Å². The van der Waals surface area contributed by atoms with E-state index in [1.807, 2.05) is 6.07 Å². The molecule has 0 amide bonds. The van der Waals surface area contributed by atoms with Crippen LogP contribution in [0.25, 0.3) is 0 Å². The van der Waals surface area contributed by atoms with Crippen molar-refractivity contribution in [2.75, 3.05) is 18.0 Å². The van der Waals surface area contributed by atoms with E-state index in [4.69, 9.17) is 0 Å². The van der Waals surface area contributed by atoms with E-state index in [-0.39, 0.29) is 5.69 Å². The van der Waals surface area contributed by atoms with Crippen molar-refractivity contribution in [3.63, 3.8) is 0 Å². The van der Waals surface area contributed by atoms with Gasteiger partial charge in [-0.05, 0) is 36.8 Å². The van der Waals surface area contributed by atoms with Crippen LogP contribution in [0.4, 0.5) is 5.69 Å². The normalized spacial score (nSPS) is 18.0. The lowest BCUT2D eigenvalue weighted by Crippen LogP contribution is -2.27. The first-order valence-electron chi connectivity index (χ1n) is 6.55. The van der Waals surface area contributed by atoms with Gasteiger partial charge in [-0.2, -0.15) is 0 Å². The molecule has 4 nitrogen and oxygen atoms in total. The molecule has 0 radical (unpaired) electrons. The summed E-state index contributed by atoms with van der Waals surface area (Å²) in [6.45, 7) is 6.29. The summed E-state index contributed by atoms with van der Waals surface area (Å²) in [5, 5.41) is 9.18. The van der Waals surface area contributed by atoms with Gasteiger partial charge in [0.25, 0.3) is 0 Å². The SMILES string of the molecule is CCC1(CC)CCN(c2cccnc2C(=O)O)C1. The highest BCUT2D eigenvalue weighted by Gasteiger charge is 2.36. The molecule has 1 aromatic rings. The molecule has 1 aromatic heterocycles. The molecule has 2 heterocycles. The Labute approximate surface area is 108 Å². The van der Waals surface area contributed by atoms with Crippen molar-refractivity contribution in [1.29, 1.82) is 0 Å². The number of carbonyl (C=O) groups is 1. The minimum atomic E-state index is -0.948. The minimum Gasteiger partial charge on any atom is -0.476 e. The molecule has 98 valence electrons. The Morgan fingerprint density at radius 3 is 2.78 bits per heavy atom. The fourth-order valence-electron chi connectivity index (χ4n) is 2.78. The first kappa shape index (κ1) is 12.9. The number of nitrogens with zero attached hydrogens (tertiary/aromatic N) is 2. The third-order valence-electron chi connectivity index (χ3n) is 4.27. The largest absolute Gasteiger partial charge is 0.476 e. The quantitative estimate of drug-likeness (QED) is 0.890. The van der Waals surface area contributed by atoms with Crippen LogP contribution in [0.15, 0.2) is 18.3 Å². The predicted octanol–water partition coefficient (Wildman–Crippen LogP) is 2.80. The van der Waals surface area contributed by atoms with E-state index in [2.05, 4.69) is 23.7 Å². The Kier molecular flexibility index (Phi) is 3.55. The molecule has 0 spiro atoms. The van der Waals surface area contributed by atoms with E-state index in [0.29, 0.717) is 5.41 Å². The van der Waals surface area contributed by atoms with Gasteiger partial charge in [0.1, 0.15) is 0 Å². The van der Waals surface area contributed by atoms with Crippen molar-refractivity contribution < 1.29 is 9.90 Å². The lowest BCUT2D eigenvalue weighted by atomic mass is 9.82. The lowest BCUT2D eigenvalue weighted by molar-refractivity contribution is 0.0691. The molecule has 1 aliphatic heterocycles. The Bertz CT molecular complexity index is 441. The number of pyridine rings is 1. The van der Waals surface area contributed by atoms with E-state index in [1.54, 1.807) is 6.07 Å². The van der Waals surface area contributed by atoms with E-state index < -0.39 is 5.97 Å². The van der Waals surface area contributed by atoms with E-state index in [9.17, 15) is 9.90 Å². The van der Waals surface area contributed by atoms with Crippen LogP contribution in [0.5, 0.6) is 0 Å². The minimum absolute atomic E-state index is 0.167. The Balaban J connectivity index is 2.27. The van der Waals surface area contributed by atoms with Gasteiger partial charge in [-0.15, -0.1) is 0 Å². The maximum absolute atomic E-state index is 11.2. The van der Waals surface area contributed by atoms with Crippen LogP contribution >= 0.6 is 0 Å². The van der Waals surface area contributed by atoms with Crippen LogP contribution in [0.2, 0.25) is 0 Å². The van der Waals surface area contributed by atoms with Crippen LogP contribution in [-0.2, 0) is 0 Å². The van der Waals surface area contributed by atoms with Gasteiger partial charge in [0.05, 0.1) is 5.69 Å². The highest BCUT2D eigenvalue weighted by atomic mass is 16.4. The number of aromatic nitrogens is 1. The van der Waals surface area contributed by atoms with Gasteiger partial charge in [-0.3, -0.25) is 0 Å². The summed E-state index contributed by atoms with van der Waals surface area (Å²) in [5.41, 5.74) is 1.26. The number of carboxylic acids is 1. The van der Waals surface area contributed by atoms with Gasteiger partial charge in [0, 0.05) is 19.3 Å². The molecule has 4 heteroatoms. The fraction of sp³-hybridized carbons (Fsp3) is 0.571. The predicted molar refractivity (Wildman–Crippen MR) is 71.0 cm³/mol. The molecule has 0 aliphatic carbocycles. The standard InChI is InChI=1S/C14H20N2O2/c1-3-14(4-2)7-9-16(10-14)11-6-5-8-15-12(11)13(17)18/h5-6,8H,3-4,7,9-10H2,1-2H3,(H,17,18). The summed E-state index contributed by atoms with van der Waals surface area (Å²) in [6, 6.07) is 3.66. The summed E-state index contributed by atoms with van der Waals surface area (Å²) >= 11 is 0. The van der Waals surface area contributed by atoms with Crippen molar-refractivity contribution in [3.8, 4) is 0 Å². The van der Waals surface area contributed by atoms with Gasteiger partial charge in [0.2, 0.25) is 0 Å². The smallest absolute Gasteiger partial charge is 0.356 e. The zero-order valence-corrected chi connectivity index (χ0v) is 11.0. The second-order valence-corrected chi connectivity index (χ2v) is 5.05. The van der Waals surface area contributed by atoms with Gasteiger partial charge in [0.15, 0.2) is 5.69 Å². The topological polar surface area (TPSA) is 53.4 Å². The summed E-state index contributed by atoms with van der Waals surface area (Å²) in [6.07, 6.45) is 4.95. The van der Waals surface area contributed by atoms with Crippen LogP contribution < -0.4 is 4.90 Å². The zero-order chi connectivity index (χ0) is 13.2. The number of rotatable bonds is 4. The molecule has 1 saturated heterocycles. The summed E-state index contributed by atoms with van der Waals surface area (Å²) in [5.74, 6) is -0.948. The molecular weight excluding hydrogens is 228 g/mol. The lowest BCUT2D eigenvalue weighted by Gasteiger charge is -2.27. The highest BCUT2D eigenvalue weighted by Crippen LogP contribution is 2.39. The Morgan fingerprint density at radius 2 is 2.22 bits per heavy atom. The Morgan fingerprint density at radius 1 is 1.50 bits per heavy atom. The second-order valence-electron chi connectivity index (χ2n) is 5.05. The average Bonchev–Trinajstić information content (AvgIpc) is 2.83. The monoisotopic (exact) mass is 248 g/mol. The maximum Gasteiger partial charge on any atom is 0.356 e. The first-order chi connectivity index (χ1) is 8.62. The second kappa shape index (κ2) is 4.96. The van der Waals surface area contributed by atoms with Crippen molar-refractivity contribution in [2.45, 2.75) is 33.1 Å². The zero-order valence-electron chi connectivity index (χ0n) is 11.0. The number of aromatic carboxylic acids is 1. The van der Waals surface area contributed by atoms with Crippen molar-refractivity contribution in [2.24, 2.45) is 5.41 Å². The summed E-state index contributed by atoms with van der Waals surface area (Å²) < 4.78 is 0. The molecule has 0 unspecified atom stereocenters. The van der Waals surface area contributed by atoms with Gasteiger partial charge in [-0.25, -0.2) is 9.78 Å². The fourth-order valence-corrected chi connectivity index (χ4v) is 2.78. The molecular formula is C14H20N2O2. The molecule has 1 fully saturated rings. The first-order valence-corrected chi connectivity index (χ1v) is 6.55. The number of anilines is 1. The van der Waals surface area contributed by atoms with Gasteiger partial charge < -0.3 is 10.0 Å². The van der Waals surface area contributed by atoms with Crippen LogP contribution in [0.1, 0.15) is 43.6 Å². The molecule has 0 saturated carbocycles. The number of carboxylic acid groups (broad SMARTS) is 1. The van der Waals surface area contributed by atoms with E-state index in [0.717, 1.165) is 38.0 Å². The molecule has 1 N–H and O–H groups in total. The van der Waals surface area contributed by atoms with Crippen LogP contribution in [0, 0.1) is 5.41 Å². The Hall–Kier alpha value is -1.58. The van der Waals surface area contributed by atoms with Crippen LogP contribution in [0.3, 0.4) is 0 Å². The molecule has 18 heavy (non-hydrogen) atoms. The molecule has 1 aliphatic rings. The van der Waals surface area contributed by atoms with Gasteiger partial charge in [-0.1, -0.05) is 13.8 Å². The third kappa shape index (κ3) is 2.19. The molecule has 0 atom stereocenters. The van der Waals surface area contributed by atoms with Crippen molar-refractivity contribution in [1.82, 2.24) is 4.98 Å². The number of hydrogen-bond donors (Lipinski definition) is 1. The van der Waals surface area contributed by atoms with Crippen molar-refractivity contribution in [3.05, 3.63) is 24.0 Å². The maximum atomic E-state index is 11.2.